The highest BCUT2D eigenvalue weighted by atomic mass is 16.6. The normalized spacial score (nSPS) is 10.2. The molecular weight excluding hydrogens is 326 g/mol. The molecular formula is C17H19N3O5. The van der Waals surface area contributed by atoms with E-state index in [1.165, 1.54) is 10.6 Å². The van der Waals surface area contributed by atoms with Crippen molar-refractivity contribution in [2.24, 2.45) is 0 Å². The van der Waals surface area contributed by atoms with Crippen LogP contribution in [0.4, 0.5) is 5.69 Å². The molecule has 132 valence electrons. The van der Waals surface area contributed by atoms with Crippen LogP contribution >= 0.6 is 0 Å². The molecule has 2 heterocycles. The van der Waals surface area contributed by atoms with Crippen molar-refractivity contribution in [3.63, 3.8) is 0 Å². The Balaban J connectivity index is 2.36. The molecule has 0 aliphatic carbocycles. The molecule has 1 N–H and O–H groups in total. The number of rotatable bonds is 6. The van der Waals surface area contributed by atoms with E-state index in [-0.39, 0.29) is 30.0 Å². The first kappa shape index (κ1) is 18.2. The SMILES string of the molecule is CCOC(=O)C(=CNc1cnc2cc(C)ccn2c1=O)C(=O)OCC. The third kappa shape index (κ3) is 4.23. The smallest absolute Gasteiger partial charge is 0.347 e. The molecule has 8 nitrogen and oxygen atoms in total. The zero-order valence-corrected chi connectivity index (χ0v) is 14.2. The monoisotopic (exact) mass is 345 g/mol. The Hall–Kier alpha value is -3.16. The second-order valence-corrected chi connectivity index (χ2v) is 5.05. The van der Waals surface area contributed by atoms with E-state index in [9.17, 15) is 14.4 Å². The number of aromatic nitrogens is 2. The van der Waals surface area contributed by atoms with Gasteiger partial charge in [0.15, 0.2) is 5.57 Å². The number of fused-ring (bicyclic) bond motifs is 1. The average molecular weight is 345 g/mol. The highest BCUT2D eigenvalue weighted by molar-refractivity contribution is 6.14. The number of nitrogens with zero attached hydrogens (tertiary/aromatic N) is 2. The Kier molecular flexibility index (Phi) is 5.89. The quantitative estimate of drug-likeness (QED) is 0.366. The third-order valence-electron chi connectivity index (χ3n) is 3.23. The predicted molar refractivity (Wildman–Crippen MR) is 91.2 cm³/mol. The number of anilines is 1. The predicted octanol–water partition coefficient (Wildman–Crippen LogP) is 1.42. The van der Waals surface area contributed by atoms with Crippen LogP contribution in [-0.2, 0) is 19.1 Å². The summed E-state index contributed by atoms with van der Waals surface area (Å²) in [4.78, 5) is 40.4. The van der Waals surface area contributed by atoms with Crippen molar-refractivity contribution in [2.75, 3.05) is 18.5 Å². The Labute approximate surface area is 144 Å². The van der Waals surface area contributed by atoms with Crippen molar-refractivity contribution >= 4 is 23.3 Å². The van der Waals surface area contributed by atoms with Crippen molar-refractivity contribution in [1.29, 1.82) is 0 Å². The molecule has 2 aromatic heterocycles. The number of esters is 2. The number of pyridine rings is 1. The van der Waals surface area contributed by atoms with Gasteiger partial charge in [-0.05, 0) is 38.5 Å². The van der Waals surface area contributed by atoms with Gasteiger partial charge in [0.2, 0.25) is 0 Å². The molecule has 0 unspecified atom stereocenters. The minimum absolute atomic E-state index is 0.104. The van der Waals surface area contributed by atoms with Crippen LogP contribution in [0.1, 0.15) is 19.4 Å². The summed E-state index contributed by atoms with van der Waals surface area (Å²) in [5, 5.41) is 2.64. The van der Waals surface area contributed by atoms with Gasteiger partial charge in [-0.15, -0.1) is 0 Å². The van der Waals surface area contributed by atoms with E-state index < -0.39 is 11.9 Å². The maximum Gasteiger partial charge on any atom is 0.347 e. The van der Waals surface area contributed by atoms with Gasteiger partial charge in [0.05, 0.1) is 19.4 Å². The minimum atomic E-state index is -0.835. The summed E-state index contributed by atoms with van der Waals surface area (Å²) in [5.74, 6) is -1.67. The molecule has 0 aliphatic heterocycles. The lowest BCUT2D eigenvalue weighted by Crippen LogP contribution is -2.21. The molecule has 0 fully saturated rings. The fourth-order valence-corrected chi connectivity index (χ4v) is 2.04. The number of carbonyl (C=O) groups excluding carboxylic acids is 2. The molecule has 0 atom stereocenters. The maximum atomic E-state index is 12.4. The summed E-state index contributed by atoms with van der Waals surface area (Å²) < 4.78 is 11.0. The van der Waals surface area contributed by atoms with Gasteiger partial charge in [0.1, 0.15) is 11.3 Å². The van der Waals surface area contributed by atoms with Crippen LogP contribution in [0.2, 0.25) is 0 Å². The van der Waals surface area contributed by atoms with Crippen LogP contribution in [0.25, 0.3) is 5.65 Å². The molecule has 0 aromatic carbocycles. The summed E-state index contributed by atoms with van der Waals surface area (Å²) in [6, 6.07) is 3.54. The molecule has 0 bridgehead atoms. The first-order valence-corrected chi connectivity index (χ1v) is 7.76. The first-order valence-electron chi connectivity index (χ1n) is 7.76. The molecule has 0 amide bonds. The van der Waals surface area contributed by atoms with E-state index in [1.54, 1.807) is 32.2 Å². The topological polar surface area (TPSA) is 99.0 Å². The summed E-state index contributed by atoms with van der Waals surface area (Å²) >= 11 is 0. The standard InChI is InChI=1S/C17H19N3O5/c1-4-24-16(22)12(17(23)25-5-2)9-18-13-10-19-14-8-11(3)6-7-20(14)15(13)21/h6-10,18H,4-5H2,1-3H3. The summed E-state index contributed by atoms with van der Waals surface area (Å²) in [6.45, 7) is 5.35. The van der Waals surface area contributed by atoms with Crippen molar-refractivity contribution in [1.82, 2.24) is 9.38 Å². The van der Waals surface area contributed by atoms with E-state index in [0.29, 0.717) is 5.65 Å². The molecule has 0 saturated heterocycles. The van der Waals surface area contributed by atoms with E-state index in [1.807, 2.05) is 6.92 Å². The molecule has 2 aromatic rings. The molecule has 0 spiro atoms. The van der Waals surface area contributed by atoms with Crippen molar-refractivity contribution in [3.8, 4) is 0 Å². The third-order valence-corrected chi connectivity index (χ3v) is 3.23. The van der Waals surface area contributed by atoms with Gasteiger partial charge in [-0.3, -0.25) is 9.20 Å². The Bertz CT molecular complexity index is 865. The zero-order valence-electron chi connectivity index (χ0n) is 14.2. The highest BCUT2D eigenvalue weighted by Gasteiger charge is 2.21. The van der Waals surface area contributed by atoms with Gasteiger partial charge in [-0.1, -0.05) is 0 Å². The molecule has 0 aliphatic rings. The van der Waals surface area contributed by atoms with Gasteiger partial charge >= 0.3 is 11.9 Å². The number of hydrogen-bond acceptors (Lipinski definition) is 7. The Morgan fingerprint density at radius 3 is 2.48 bits per heavy atom. The summed E-state index contributed by atoms with van der Waals surface area (Å²) in [7, 11) is 0. The number of carbonyl (C=O) groups is 2. The molecule has 0 saturated carbocycles. The second kappa shape index (κ2) is 8.09. The van der Waals surface area contributed by atoms with Gasteiger partial charge in [0.25, 0.3) is 5.56 Å². The Morgan fingerprint density at radius 2 is 1.88 bits per heavy atom. The first-order chi connectivity index (χ1) is 12.0. The van der Waals surface area contributed by atoms with Crippen LogP contribution in [0.3, 0.4) is 0 Å². The number of hydrogen-bond donors (Lipinski definition) is 1. The second-order valence-electron chi connectivity index (χ2n) is 5.05. The lowest BCUT2D eigenvalue weighted by Gasteiger charge is -2.08. The number of aryl methyl sites for hydroxylation is 1. The number of ether oxygens (including phenoxy) is 2. The molecule has 25 heavy (non-hydrogen) atoms. The fourth-order valence-electron chi connectivity index (χ4n) is 2.04. The fraction of sp³-hybridized carbons (Fsp3) is 0.294. The largest absolute Gasteiger partial charge is 0.462 e. The van der Waals surface area contributed by atoms with E-state index in [0.717, 1.165) is 11.8 Å². The Morgan fingerprint density at radius 1 is 1.24 bits per heavy atom. The van der Waals surface area contributed by atoms with Gasteiger partial charge in [0, 0.05) is 12.4 Å². The average Bonchev–Trinajstić information content (AvgIpc) is 2.57. The van der Waals surface area contributed by atoms with E-state index >= 15 is 0 Å². The lowest BCUT2D eigenvalue weighted by molar-refractivity contribution is -0.146. The van der Waals surface area contributed by atoms with Gasteiger partial charge in [-0.2, -0.15) is 0 Å². The summed E-state index contributed by atoms with van der Waals surface area (Å²) in [5.41, 5.74) is 0.868. The zero-order chi connectivity index (χ0) is 18.4. The van der Waals surface area contributed by atoms with Crippen LogP contribution in [0, 0.1) is 6.92 Å². The minimum Gasteiger partial charge on any atom is -0.462 e. The van der Waals surface area contributed by atoms with Crippen LogP contribution < -0.4 is 10.9 Å². The van der Waals surface area contributed by atoms with Crippen molar-refractivity contribution < 1.29 is 19.1 Å². The van der Waals surface area contributed by atoms with Crippen molar-refractivity contribution in [2.45, 2.75) is 20.8 Å². The van der Waals surface area contributed by atoms with Crippen LogP contribution in [0.15, 0.2) is 41.1 Å². The van der Waals surface area contributed by atoms with Crippen LogP contribution in [-0.4, -0.2) is 34.5 Å². The van der Waals surface area contributed by atoms with Crippen LogP contribution in [0.5, 0.6) is 0 Å². The molecule has 0 radical (unpaired) electrons. The maximum absolute atomic E-state index is 12.4. The molecule has 8 heteroatoms. The molecule has 2 rings (SSSR count). The van der Waals surface area contributed by atoms with E-state index in [4.69, 9.17) is 9.47 Å². The van der Waals surface area contributed by atoms with Gasteiger partial charge in [-0.25, -0.2) is 14.6 Å². The van der Waals surface area contributed by atoms with Crippen molar-refractivity contribution in [3.05, 3.63) is 52.2 Å². The van der Waals surface area contributed by atoms with Gasteiger partial charge < -0.3 is 14.8 Å². The van der Waals surface area contributed by atoms with E-state index in [2.05, 4.69) is 10.3 Å². The lowest BCUT2D eigenvalue weighted by atomic mass is 10.3. The number of nitrogens with one attached hydrogen (secondary N) is 1. The summed E-state index contributed by atoms with van der Waals surface area (Å²) in [6.07, 6.45) is 4.03. The highest BCUT2D eigenvalue weighted by Crippen LogP contribution is 2.07.